The van der Waals surface area contributed by atoms with Crippen LogP contribution in [0.4, 0.5) is 17.2 Å². The molecule has 188 valence electrons. The van der Waals surface area contributed by atoms with Crippen LogP contribution >= 0.6 is 0 Å². The second-order valence-electron chi connectivity index (χ2n) is 8.13. The molecule has 1 aliphatic rings. The summed E-state index contributed by atoms with van der Waals surface area (Å²) in [6.45, 7) is 1.84. The van der Waals surface area contributed by atoms with Crippen molar-refractivity contribution in [2.45, 2.75) is 26.0 Å². The summed E-state index contributed by atoms with van der Waals surface area (Å²) in [5.41, 5.74) is 2.85. The molecule has 4 rings (SSSR count). The number of fused-ring (bicyclic) bond motifs is 1. The summed E-state index contributed by atoms with van der Waals surface area (Å²) in [5, 5.41) is 21.1. The highest BCUT2D eigenvalue weighted by atomic mass is 16.6. The fraction of sp³-hybridized carbons (Fsp3) is 0.292. The Morgan fingerprint density at radius 2 is 1.92 bits per heavy atom. The highest BCUT2D eigenvalue weighted by Crippen LogP contribution is 2.41. The predicted molar refractivity (Wildman–Crippen MR) is 130 cm³/mol. The molecule has 2 amide bonds. The number of anilines is 2. The molecule has 2 N–H and O–H groups in total. The fourth-order valence-electron chi connectivity index (χ4n) is 4.13. The monoisotopic (exact) mass is 495 g/mol. The Morgan fingerprint density at radius 1 is 1.17 bits per heavy atom. The van der Waals surface area contributed by atoms with Gasteiger partial charge in [0.05, 0.1) is 43.4 Å². The van der Waals surface area contributed by atoms with E-state index in [1.54, 1.807) is 33.3 Å². The van der Waals surface area contributed by atoms with Gasteiger partial charge >= 0.3 is 0 Å². The number of amides is 2. The minimum atomic E-state index is -0.886. The second kappa shape index (κ2) is 10.0. The van der Waals surface area contributed by atoms with E-state index in [0.29, 0.717) is 39.8 Å². The molecule has 2 aromatic carbocycles. The van der Waals surface area contributed by atoms with E-state index in [2.05, 4.69) is 15.7 Å². The van der Waals surface area contributed by atoms with E-state index in [-0.39, 0.29) is 24.6 Å². The first kappa shape index (κ1) is 24.7. The number of nitro groups is 1. The van der Waals surface area contributed by atoms with Crippen molar-refractivity contribution in [1.82, 2.24) is 9.78 Å². The number of carbonyl (C=O) groups excluding carboxylic acids is 2. The summed E-state index contributed by atoms with van der Waals surface area (Å²) in [6.07, 6.45) is -0.186. The highest BCUT2D eigenvalue weighted by Gasteiger charge is 2.37. The molecule has 0 saturated heterocycles. The number of nitro benzene ring substituents is 1. The lowest BCUT2D eigenvalue weighted by Gasteiger charge is -2.12. The van der Waals surface area contributed by atoms with Crippen LogP contribution in [0.1, 0.15) is 23.7 Å². The number of methoxy groups -OCH3 is 3. The molecule has 0 saturated carbocycles. The van der Waals surface area contributed by atoms with Gasteiger partial charge in [-0.1, -0.05) is 6.07 Å². The van der Waals surface area contributed by atoms with Crippen LogP contribution in [0.15, 0.2) is 36.4 Å². The maximum atomic E-state index is 12.8. The minimum absolute atomic E-state index is 0.0739. The Labute approximate surface area is 206 Å². The Morgan fingerprint density at radius 3 is 2.56 bits per heavy atom. The third-order valence-corrected chi connectivity index (χ3v) is 5.85. The summed E-state index contributed by atoms with van der Waals surface area (Å²) >= 11 is 0. The number of benzene rings is 2. The average molecular weight is 495 g/mol. The van der Waals surface area contributed by atoms with E-state index in [1.807, 2.05) is 6.07 Å². The maximum absolute atomic E-state index is 12.8. The first-order valence-electron chi connectivity index (χ1n) is 11.0. The lowest BCUT2D eigenvalue weighted by Crippen LogP contribution is -2.24. The molecule has 0 spiro atoms. The smallest absolute Gasteiger partial charge is 0.269 e. The normalized spacial score (nSPS) is 14.2. The van der Waals surface area contributed by atoms with E-state index >= 15 is 0 Å². The number of ether oxygens (including phenoxy) is 3. The van der Waals surface area contributed by atoms with Gasteiger partial charge in [0.25, 0.3) is 11.6 Å². The van der Waals surface area contributed by atoms with Crippen molar-refractivity contribution in [3.63, 3.8) is 0 Å². The van der Waals surface area contributed by atoms with Crippen molar-refractivity contribution >= 4 is 29.0 Å². The van der Waals surface area contributed by atoms with Gasteiger partial charge in [0, 0.05) is 24.9 Å². The first-order chi connectivity index (χ1) is 17.3. The SMILES string of the molecule is COCc1nn2c(c1-c1ccc(OC)c(OC)c1)NC(=O)C2CC(=O)Nc1ccc([N+](=O)[O-])cc1C. The van der Waals surface area contributed by atoms with Crippen LogP contribution in [0.5, 0.6) is 11.5 Å². The molecule has 2 heterocycles. The molecule has 0 radical (unpaired) electrons. The zero-order valence-corrected chi connectivity index (χ0v) is 20.2. The van der Waals surface area contributed by atoms with Crippen molar-refractivity contribution < 1.29 is 28.7 Å². The Balaban J connectivity index is 1.63. The van der Waals surface area contributed by atoms with E-state index in [4.69, 9.17) is 14.2 Å². The number of carbonyl (C=O) groups is 2. The Bertz CT molecular complexity index is 1350. The van der Waals surface area contributed by atoms with Gasteiger partial charge in [-0.15, -0.1) is 0 Å². The first-order valence-corrected chi connectivity index (χ1v) is 11.0. The van der Waals surface area contributed by atoms with Gasteiger partial charge < -0.3 is 24.8 Å². The number of hydrogen-bond donors (Lipinski definition) is 2. The Hall–Kier alpha value is -4.45. The average Bonchev–Trinajstić information content (AvgIpc) is 3.34. The van der Waals surface area contributed by atoms with Crippen LogP contribution in [0.2, 0.25) is 0 Å². The van der Waals surface area contributed by atoms with Crippen molar-refractivity contribution in [3.05, 3.63) is 57.8 Å². The standard InChI is InChI=1S/C24H25N5O7/c1-13-9-15(29(32)33)6-7-16(13)25-21(30)11-18-24(31)26-23-22(17(12-34-2)27-28(18)23)14-5-8-19(35-3)20(10-14)36-4/h5-10,18H,11-12H2,1-4H3,(H,25,30)(H,26,31). The molecule has 1 aromatic heterocycles. The quantitative estimate of drug-likeness (QED) is 0.339. The molecular weight excluding hydrogens is 470 g/mol. The second-order valence-corrected chi connectivity index (χ2v) is 8.13. The zero-order chi connectivity index (χ0) is 26.0. The van der Waals surface area contributed by atoms with Crippen LogP contribution in [0.3, 0.4) is 0 Å². The number of hydrogen-bond acceptors (Lipinski definition) is 8. The van der Waals surface area contributed by atoms with Gasteiger partial charge in [-0.2, -0.15) is 5.10 Å². The summed E-state index contributed by atoms with van der Waals surface area (Å²) in [6, 6.07) is 8.61. The molecule has 1 unspecified atom stereocenters. The van der Waals surface area contributed by atoms with Gasteiger partial charge in [0.15, 0.2) is 11.5 Å². The molecule has 3 aromatic rings. The fourth-order valence-corrected chi connectivity index (χ4v) is 4.13. The molecular formula is C24H25N5O7. The van der Waals surface area contributed by atoms with Gasteiger partial charge in [0.2, 0.25) is 5.91 Å². The predicted octanol–water partition coefficient (Wildman–Crippen LogP) is 3.45. The van der Waals surface area contributed by atoms with Crippen LogP contribution in [0.25, 0.3) is 11.1 Å². The highest BCUT2D eigenvalue weighted by molar-refractivity contribution is 6.04. The lowest BCUT2D eigenvalue weighted by atomic mass is 10.0. The van der Waals surface area contributed by atoms with E-state index in [1.165, 1.54) is 30.0 Å². The molecule has 0 bridgehead atoms. The lowest BCUT2D eigenvalue weighted by molar-refractivity contribution is -0.384. The minimum Gasteiger partial charge on any atom is -0.493 e. The maximum Gasteiger partial charge on any atom is 0.269 e. The summed E-state index contributed by atoms with van der Waals surface area (Å²) in [5.74, 6) is 0.703. The van der Waals surface area contributed by atoms with E-state index < -0.39 is 16.9 Å². The third kappa shape index (κ3) is 4.58. The van der Waals surface area contributed by atoms with Crippen molar-refractivity contribution in [1.29, 1.82) is 0 Å². The van der Waals surface area contributed by atoms with Gasteiger partial charge in [-0.3, -0.25) is 19.7 Å². The van der Waals surface area contributed by atoms with Crippen molar-refractivity contribution in [3.8, 4) is 22.6 Å². The van der Waals surface area contributed by atoms with Crippen LogP contribution in [-0.4, -0.2) is 47.8 Å². The summed E-state index contributed by atoms with van der Waals surface area (Å²) in [4.78, 5) is 36.1. The van der Waals surface area contributed by atoms with Crippen molar-refractivity contribution in [2.24, 2.45) is 0 Å². The number of nitrogens with zero attached hydrogens (tertiary/aromatic N) is 3. The molecule has 36 heavy (non-hydrogen) atoms. The number of rotatable bonds is 9. The van der Waals surface area contributed by atoms with E-state index in [0.717, 1.165) is 5.56 Å². The van der Waals surface area contributed by atoms with Crippen LogP contribution < -0.4 is 20.1 Å². The van der Waals surface area contributed by atoms with Gasteiger partial charge in [-0.05, 0) is 36.2 Å². The zero-order valence-electron chi connectivity index (χ0n) is 20.2. The summed E-state index contributed by atoms with van der Waals surface area (Å²) < 4.78 is 17.5. The number of nitrogens with one attached hydrogen (secondary N) is 2. The third-order valence-electron chi connectivity index (χ3n) is 5.85. The molecule has 12 nitrogen and oxygen atoms in total. The van der Waals surface area contributed by atoms with Gasteiger partial charge in [0.1, 0.15) is 11.9 Å². The number of aromatic nitrogens is 2. The molecule has 0 aliphatic carbocycles. The molecule has 1 aliphatic heterocycles. The number of non-ortho nitro benzene ring substituents is 1. The molecule has 1 atom stereocenters. The topological polar surface area (TPSA) is 147 Å². The van der Waals surface area contributed by atoms with Crippen LogP contribution in [-0.2, 0) is 20.9 Å². The Kier molecular flexibility index (Phi) is 6.88. The van der Waals surface area contributed by atoms with E-state index in [9.17, 15) is 19.7 Å². The largest absolute Gasteiger partial charge is 0.493 e. The van der Waals surface area contributed by atoms with Crippen LogP contribution in [0, 0.1) is 17.0 Å². The molecule has 0 fully saturated rings. The summed E-state index contributed by atoms with van der Waals surface area (Å²) in [7, 11) is 4.61. The van der Waals surface area contributed by atoms with Crippen molar-refractivity contribution in [2.75, 3.05) is 32.0 Å². The van der Waals surface area contributed by atoms with Gasteiger partial charge in [-0.25, -0.2) is 4.68 Å². The molecule has 12 heteroatoms. The number of aryl methyl sites for hydroxylation is 1.